The topological polar surface area (TPSA) is 80.2 Å². The predicted octanol–water partition coefficient (Wildman–Crippen LogP) is 2.95. The summed E-state index contributed by atoms with van der Waals surface area (Å²) in [7, 11) is 1.57. The highest BCUT2D eigenvalue weighted by Crippen LogP contribution is 2.27. The van der Waals surface area contributed by atoms with Crippen LogP contribution in [0.4, 0.5) is 10.9 Å². The minimum atomic E-state index is -0.00975. The molecule has 1 N–H and O–H groups in total. The molecular weight excluding hydrogens is 350 g/mol. The predicted molar refractivity (Wildman–Crippen MR) is 102 cm³/mol. The summed E-state index contributed by atoms with van der Waals surface area (Å²) in [5.41, 5.74) is 0.917. The van der Waals surface area contributed by atoms with E-state index < -0.39 is 0 Å². The van der Waals surface area contributed by atoms with Gasteiger partial charge in [0, 0.05) is 25.1 Å². The number of carbonyl (C=O) groups excluding carboxylic acids is 1. The number of hydrogen-bond acceptors (Lipinski definition) is 7. The van der Waals surface area contributed by atoms with Crippen LogP contribution in [0.5, 0.6) is 5.88 Å². The molecule has 2 aromatic heterocycles. The Balaban J connectivity index is 1.35. The summed E-state index contributed by atoms with van der Waals surface area (Å²) in [5.74, 6) is 1.35. The van der Waals surface area contributed by atoms with Crippen LogP contribution in [0.3, 0.4) is 0 Å². The van der Waals surface area contributed by atoms with Crippen molar-refractivity contribution in [3.05, 3.63) is 36.4 Å². The van der Waals surface area contributed by atoms with Crippen LogP contribution in [-0.4, -0.2) is 41.3 Å². The molecule has 4 rings (SSSR count). The average molecular weight is 369 g/mol. The average Bonchev–Trinajstić information content (AvgIpc) is 3.10. The van der Waals surface area contributed by atoms with E-state index in [1.165, 1.54) is 11.3 Å². The number of rotatable bonds is 4. The Hall–Kier alpha value is -2.74. The standard InChI is InChI=1S/C18H19N5O2S/c1-25-16-7-6-15(21-22-16)23-10-8-12(9-11-23)17(24)20-18-19-13-4-2-3-5-14(13)26-18/h2-7,12H,8-11H2,1H3,(H,19,20,24). The van der Waals surface area contributed by atoms with Crippen molar-refractivity contribution in [2.75, 3.05) is 30.4 Å². The lowest BCUT2D eigenvalue weighted by Crippen LogP contribution is -2.38. The molecule has 1 aliphatic heterocycles. The van der Waals surface area contributed by atoms with Crippen molar-refractivity contribution in [1.82, 2.24) is 15.2 Å². The maximum Gasteiger partial charge on any atom is 0.233 e. The molecule has 7 nitrogen and oxygen atoms in total. The van der Waals surface area contributed by atoms with Crippen molar-refractivity contribution in [2.45, 2.75) is 12.8 Å². The van der Waals surface area contributed by atoms with Crippen molar-refractivity contribution in [3.8, 4) is 5.88 Å². The van der Waals surface area contributed by atoms with Crippen molar-refractivity contribution in [3.63, 3.8) is 0 Å². The Morgan fingerprint density at radius 3 is 2.69 bits per heavy atom. The molecule has 0 spiro atoms. The maximum absolute atomic E-state index is 12.6. The number of piperidine rings is 1. The summed E-state index contributed by atoms with van der Waals surface area (Å²) in [6, 6.07) is 11.6. The first-order valence-corrected chi connectivity index (χ1v) is 9.33. The van der Waals surface area contributed by atoms with E-state index in [1.54, 1.807) is 13.2 Å². The number of methoxy groups -OCH3 is 1. The number of ether oxygens (including phenoxy) is 1. The molecule has 0 bridgehead atoms. The lowest BCUT2D eigenvalue weighted by Gasteiger charge is -2.31. The quantitative estimate of drug-likeness (QED) is 0.762. The number of nitrogens with one attached hydrogen (secondary N) is 1. The molecule has 8 heteroatoms. The number of anilines is 2. The monoisotopic (exact) mass is 369 g/mol. The SMILES string of the molecule is COc1ccc(N2CCC(C(=O)Nc3nc4ccccc4s3)CC2)nn1. The van der Waals surface area contributed by atoms with Gasteiger partial charge in [0.05, 0.1) is 17.3 Å². The summed E-state index contributed by atoms with van der Waals surface area (Å²) >= 11 is 1.51. The number of para-hydroxylation sites is 1. The zero-order chi connectivity index (χ0) is 17.9. The number of nitrogens with zero attached hydrogens (tertiary/aromatic N) is 4. The minimum Gasteiger partial charge on any atom is -0.480 e. The summed E-state index contributed by atoms with van der Waals surface area (Å²) in [5, 5.41) is 11.8. The van der Waals surface area contributed by atoms with E-state index in [-0.39, 0.29) is 11.8 Å². The van der Waals surface area contributed by atoms with Crippen molar-refractivity contribution in [2.24, 2.45) is 5.92 Å². The van der Waals surface area contributed by atoms with Crippen LogP contribution in [0, 0.1) is 5.92 Å². The van der Waals surface area contributed by atoms with E-state index in [0.29, 0.717) is 11.0 Å². The Kier molecular flexibility index (Phi) is 4.66. The van der Waals surface area contributed by atoms with Gasteiger partial charge in [-0.25, -0.2) is 4.98 Å². The highest BCUT2D eigenvalue weighted by molar-refractivity contribution is 7.22. The fraction of sp³-hybridized carbons (Fsp3) is 0.333. The molecule has 0 unspecified atom stereocenters. The number of benzene rings is 1. The van der Waals surface area contributed by atoms with Crippen LogP contribution in [0.1, 0.15) is 12.8 Å². The zero-order valence-electron chi connectivity index (χ0n) is 14.4. The smallest absolute Gasteiger partial charge is 0.233 e. The van der Waals surface area contributed by atoms with E-state index >= 15 is 0 Å². The van der Waals surface area contributed by atoms with Crippen LogP contribution in [0.2, 0.25) is 0 Å². The molecule has 0 aliphatic carbocycles. The lowest BCUT2D eigenvalue weighted by molar-refractivity contribution is -0.120. The van der Waals surface area contributed by atoms with Gasteiger partial charge in [0.15, 0.2) is 10.9 Å². The molecular formula is C18H19N5O2S. The molecule has 134 valence electrons. The van der Waals surface area contributed by atoms with Crippen LogP contribution in [-0.2, 0) is 4.79 Å². The van der Waals surface area contributed by atoms with Gasteiger partial charge in [0.25, 0.3) is 0 Å². The first-order chi connectivity index (χ1) is 12.7. The Labute approximate surface area is 155 Å². The molecule has 3 heterocycles. The second-order valence-electron chi connectivity index (χ2n) is 6.17. The van der Waals surface area contributed by atoms with E-state index in [0.717, 1.165) is 42.0 Å². The molecule has 1 aromatic carbocycles. The zero-order valence-corrected chi connectivity index (χ0v) is 15.2. The van der Waals surface area contributed by atoms with Gasteiger partial charge in [-0.05, 0) is 31.0 Å². The first kappa shape index (κ1) is 16.7. The molecule has 1 fully saturated rings. The molecule has 26 heavy (non-hydrogen) atoms. The van der Waals surface area contributed by atoms with Gasteiger partial charge < -0.3 is 15.0 Å². The summed E-state index contributed by atoms with van der Waals surface area (Å²) in [6.45, 7) is 1.55. The van der Waals surface area contributed by atoms with E-state index in [1.807, 2.05) is 30.3 Å². The molecule has 3 aromatic rings. The van der Waals surface area contributed by atoms with Gasteiger partial charge in [-0.2, -0.15) is 0 Å². The van der Waals surface area contributed by atoms with Crippen molar-refractivity contribution in [1.29, 1.82) is 0 Å². The van der Waals surface area contributed by atoms with Crippen LogP contribution in [0.25, 0.3) is 10.2 Å². The normalized spacial score (nSPS) is 15.2. The van der Waals surface area contributed by atoms with Crippen LogP contribution in [0.15, 0.2) is 36.4 Å². The third-order valence-corrected chi connectivity index (χ3v) is 5.50. The highest BCUT2D eigenvalue weighted by atomic mass is 32.1. The van der Waals surface area contributed by atoms with Crippen LogP contribution < -0.4 is 15.0 Å². The van der Waals surface area contributed by atoms with Crippen molar-refractivity contribution >= 4 is 38.4 Å². The molecule has 0 atom stereocenters. The van der Waals surface area contributed by atoms with Gasteiger partial charge in [-0.15, -0.1) is 10.2 Å². The highest BCUT2D eigenvalue weighted by Gasteiger charge is 2.26. The number of amides is 1. The molecule has 1 amide bonds. The fourth-order valence-corrected chi connectivity index (χ4v) is 3.96. The summed E-state index contributed by atoms with van der Waals surface area (Å²) in [4.78, 5) is 19.2. The van der Waals surface area contributed by atoms with Crippen molar-refractivity contribution < 1.29 is 9.53 Å². The Morgan fingerprint density at radius 1 is 1.19 bits per heavy atom. The maximum atomic E-state index is 12.6. The minimum absolute atomic E-state index is 0.00975. The molecule has 0 saturated carbocycles. The number of fused-ring (bicyclic) bond motifs is 1. The van der Waals surface area contributed by atoms with Gasteiger partial charge in [-0.3, -0.25) is 4.79 Å². The largest absolute Gasteiger partial charge is 0.480 e. The molecule has 1 saturated heterocycles. The van der Waals surface area contributed by atoms with Gasteiger partial charge in [0.2, 0.25) is 11.8 Å². The fourth-order valence-electron chi connectivity index (χ4n) is 3.09. The third kappa shape index (κ3) is 3.45. The van der Waals surface area contributed by atoms with E-state index in [9.17, 15) is 4.79 Å². The first-order valence-electron chi connectivity index (χ1n) is 8.52. The van der Waals surface area contributed by atoms with Crippen LogP contribution >= 0.6 is 11.3 Å². The number of hydrogen-bond donors (Lipinski definition) is 1. The molecule has 1 aliphatic rings. The number of thiazole rings is 1. The third-order valence-electron chi connectivity index (χ3n) is 4.55. The molecule has 0 radical (unpaired) electrons. The van der Waals surface area contributed by atoms with E-state index in [2.05, 4.69) is 25.4 Å². The summed E-state index contributed by atoms with van der Waals surface area (Å²) in [6.07, 6.45) is 1.56. The Bertz CT molecular complexity index is 870. The second kappa shape index (κ2) is 7.25. The summed E-state index contributed by atoms with van der Waals surface area (Å²) < 4.78 is 6.11. The second-order valence-corrected chi connectivity index (χ2v) is 7.20. The van der Waals surface area contributed by atoms with Gasteiger partial charge >= 0.3 is 0 Å². The number of carbonyl (C=O) groups is 1. The van der Waals surface area contributed by atoms with Gasteiger partial charge in [-0.1, -0.05) is 23.5 Å². The van der Waals surface area contributed by atoms with Gasteiger partial charge in [0.1, 0.15) is 0 Å². The Morgan fingerprint density at radius 2 is 2.00 bits per heavy atom. The van der Waals surface area contributed by atoms with E-state index in [4.69, 9.17) is 4.74 Å². The lowest BCUT2D eigenvalue weighted by atomic mass is 9.96. The number of aromatic nitrogens is 3.